The molecule has 0 bridgehead atoms. The summed E-state index contributed by atoms with van der Waals surface area (Å²) >= 11 is 0. The van der Waals surface area contributed by atoms with Gasteiger partial charge < -0.3 is 14.6 Å². The summed E-state index contributed by atoms with van der Waals surface area (Å²) in [7, 11) is 0. The fraction of sp³-hybridized carbons (Fsp3) is 0.421. The predicted octanol–water partition coefficient (Wildman–Crippen LogP) is 3.04. The van der Waals surface area contributed by atoms with Crippen molar-refractivity contribution in [2.24, 2.45) is 5.92 Å². The van der Waals surface area contributed by atoms with E-state index in [2.05, 4.69) is 10.2 Å². The Balaban J connectivity index is 1.59. The number of nitrogens with one attached hydrogen (secondary N) is 1. The molecule has 1 aromatic heterocycles. The first-order valence-electron chi connectivity index (χ1n) is 8.97. The first-order chi connectivity index (χ1) is 12.6. The normalized spacial score (nSPS) is 21.6. The maximum absolute atomic E-state index is 12.9. The van der Waals surface area contributed by atoms with E-state index >= 15 is 0 Å². The fourth-order valence-corrected chi connectivity index (χ4v) is 4.16. The average Bonchev–Trinajstić information content (AvgIpc) is 3.18. The number of non-ortho nitro benzene ring substituents is 1. The van der Waals surface area contributed by atoms with Gasteiger partial charge in [0.25, 0.3) is 5.69 Å². The van der Waals surface area contributed by atoms with Gasteiger partial charge >= 0.3 is 0 Å². The van der Waals surface area contributed by atoms with Gasteiger partial charge in [0.2, 0.25) is 5.91 Å². The molecule has 0 radical (unpaired) electrons. The first-order valence-corrected chi connectivity index (χ1v) is 8.97. The lowest BCUT2D eigenvalue weighted by atomic mass is 9.80. The Morgan fingerprint density at radius 3 is 3.00 bits per heavy atom. The van der Waals surface area contributed by atoms with E-state index < -0.39 is 0 Å². The molecular formula is C19H21N3O4. The van der Waals surface area contributed by atoms with Crippen LogP contribution >= 0.6 is 0 Å². The van der Waals surface area contributed by atoms with Gasteiger partial charge in [0, 0.05) is 30.4 Å². The van der Waals surface area contributed by atoms with Crippen molar-refractivity contribution in [1.82, 2.24) is 5.32 Å². The molecule has 1 N–H and O–H groups in total. The van der Waals surface area contributed by atoms with Gasteiger partial charge in [-0.1, -0.05) is 0 Å². The van der Waals surface area contributed by atoms with Crippen molar-refractivity contribution >= 4 is 17.3 Å². The molecule has 1 amide bonds. The summed E-state index contributed by atoms with van der Waals surface area (Å²) in [6, 6.07) is 8.78. The zero-order chi connectivity index (χ0) is 18.1. The summed E-state index contributed by atoms with van der Waals surface area (Å²) < 4.78 is 5.28. The minimum absolute atomic E-state index is 0.0181. The second-order valence-corrected chi connectivity index (χ2v) is 6.93. The molecule has 3 heterocycles. The van der Waals surface area contributed by atoms with Gasteiger partial charge in [-0.25, -0.2) is 0 Å². The van der Waals surface area contributed by atoms with Gasteiger partial charge in [0.15, 0.2) is 0 Å². The highest BCUT2D eigenvalue weighted by Crippen LogP contribution is 2.39. The number of rotatable bonds is 4. The minimum atomic E-state index is -0.380. The molecule has 2 aliphatic heterocycles. The van der Waals surface area contributed by atoms with E-state index in [1.54, 1.807) is 24.5 Å². The maximum Gasteiger partial charge on any atom is 0.269 e. The summed E-state index contributed by atoms with van der Waals surface area (Å²) in [6.07, 6.45) is 5.26. The van der Waals surface area contributed by atoms with E-state index in [4.69, 9.17) is 4.42 Å². The Morgan fingerprint density at radius 1 is 1.35 bits per heavy atom. The lowest BCUT2D eigenvalue weighted by Gasteiger charge is -2.45. The van der Waals surface area contributed by atoms with Crippen LogP contribution in [0.5, 0.6) is 0 Å². The second kappa shape index (κ2) is 6.82. The average molecular weight is 355 g/mol. The standard InChI is InChI=1S/C19H21N3O4/c23-19(20-12-15-4-3-9-26-15)16-11-13-10-14(22(24)25)6-7-17(13)21-8-2-1-5-18(16)21/h3-4,6-7,9-10,16,18H,1-2,5,8,11-12H2,(H,20,23)/t16-,18+/m0/s1. The molecule has 4 rings (SSSR count). The Morgan fingerprint density at radius 2 is 2.23 bits per heavy atom. The van der Waals surface area contributed by atoms with Crippen molar-refractivity contribution in [1.29, 1.82) is 0 Å². The van der Waals surface area contributed by atoms with E-state index in [0.717, 1.165) is 37.1 Å². The van der Waals surface area contributed by atoms with Crippen LogP contribution < -0.4 is 10.2 Å². The first kappa shape index (κ1) is 16.6. The highest BCUT2D eigenvalue weighted by Gasteiger charge is 2.39. The summed E-state index contributed by atoms with van der Waals surface area (Å²) in [5.74, 6) is 0.487. The van der Waals surface area contributed by atoms with Crippen LogP contribution in [0.15, 0.2) is 41.0 Å². The number of benzene rings is 1. The second-order valence-electron chi connectivity index (χ2n) is 6.93. The van der Waals surface area contributed by atoms with Gasteiger partial charge in [-0.2, -0.15) is 0 Å². The molecule has 2 atom stereocenters. The van der Waals surface area contributed by atoms with Crippen molar-refractivity contribution in [3.63, 3.8) is 0 Å². The highest BCUT2D eigenvalue weighted by molar-refractivity contribution is 5.82. The van der Waals surface area contributed by atoms with E-state index in [0.29, 0.717) is 18.7 Å². The third-order valence-corrected chi connectivity index (χ3v) is 5.39. The third-order valence-electron chi connectivity index (χ3n) is 5.39. The number of carbonyl (C=O) groups is 1. The molecule has 0 saturated carbocycles. The van der Waals surface area contributed by atoms with Crippen molar-refractivity contribution in [3.8, 4) is 0 Å². The molecule has 0 aliphatic carbocycles. The molecule has 7 heteroatoms. The molecule has 7 nitrogen and oxygen atoms in total. The van der Waals surface area contributed by atoms with E-state index in [9.17, 15) is 14.9 Å². The largest absolute Gasteiger partial charge is 0.467 e. The van der Waals surface area contributed by atoms with Crippen LogP contribution in [0.3, 0.4) is 0 Å². The van der Waals surface area contributed by atoms with Crippen LogP contribution in [0.2, 0.25) is 0 Å². The fourth-order valence-electron chi connectivity index (χ4n) is 4.16. The number of amides is 1. The topological polar surface area (TPSA) is 88.6 Å². The molecule has 1 fully saturated rings. The number of carbonyl (C=O) groups excluding carboxylic acids is 1. The van der Waals surface area contributed by atoms with Gasteiger partial charge in [-0.3, -0.25) is 14.9 Å². The third kappa shape index (κ3) is 3.05. The number of piperidine rings is 1. The Kier molecular flexibility index (Phi) is 4.36. The number of furan rings is 1. The van der Waals surface area contributed by atoms with Gasteiger partial charge in [-0.15, -0.1) is 0 Å². The van der Waals surface area contributed by atoms with Crippen molar-refractivity contribution in [2.75, 3.05) is 11.4 Å². The highest BCUT2D eigenvalue weighted by atomic mass is 16.6. The summed E-state index contributed by atoms with van der Waals surface area (Å²) in [4.78, 5) is 25.9. The SMILES string of the molecule is O=C(NCc1ccco1)[C@H]1Cc2cc([N+](=O)[O-])ccc2N2CCCC[C@H]12. The number of nitrogens with zero attached hydrogens (tertiary/aromatic N) is 2. The zero-order valence-corrected chi connectivity index (χ0v) is 14.4. The molecule has 2 aromatic rings. The number of nitro benzene ring substituents is 1. The van der Waals surface area contributed by atoms with E-state index in [1.807, 2.05) is 12.1 Å². The summed E-state index contributed by atoms with van der Waals surface area (Å²) in [5.41, 5.74) is 2.00. The molecule has 26 heavy (non-hydrogen) atoms. The molecule has 1 saturated heterocycles. The molecule has 0 spiro atoms. The van der Waals surface area contributed by atoms with Gasteiger partial charge in [-0.05, 0) is 49.4 Å². The lowest BCUT2D eigenvalue weighted by molar-refractivity contribution is -0.384. The van der Waals surface area contributed by atoms with Crippen molar-refractivity contribution in [3.05, 3.63) is 58.0 Å². The Labute approximate surface area is 151 Å². The quantitative estimate of drug-likeness (QED) is 0.673. The predicted molar refractivity (Wildman–Crippen MR) is 95.8 cm³/mol. The van der Waals surface area contributed by atoms with E-state index in [-0.39, 0.29) is 28.5 Å². The molecular weight excluding hydrogens is 334 g/mol. The minimum Gasteiger partial charge on any atom is -0.467 e. The maximum atomic E-state index is 12.9. The van der Waals surface area contributed by atoms with Crippen LogP contribution in [0.1, 0.15) is 30.6 Å². The molecule has 0 unspecified atom stereocenters. The van der Waals surface area contributed by atoms with E-state index in [1.165, 1.54) is 0 Å². The smallest absolute Gasteiger partial charge is 0.269 e. The number of hydrogen-bond acceptors (Lipinski definition) is 5. The van der Waals surface area contributed by atoms with Crippen LogP contribution in [0, 0.1) is 16.0 Å². The summed E-state index contributed by atoms with van der Waals surface area (Å²) in [5, 5.41) is 14.1. The van der Waals surface area contributed by atoms with Gasteiger partial charge in [0.05, 0.1) is 23.6 Å². The summed E-state index contributed by atoms with van der Waals surface area (Å²) in [6.45, 7) is 1.24. The van der Waals surface area contributed by atoms with Gasteiger partial charge in [0.1, 0.15) is 5.76 Å². The molecule has 1 aromatic carbocycles. The van der Waals surface area contributed by atoms with Crippen molar-refractivity contribution < 1.29 is 14.1 Å². The number of fused-ring (bicyclic) bond motifs is 3. The van der Waals surface area contributed by atoms with Crippen molar-refractivity contribution in [2.45, 2.75) is 38.3 Å². The monoisotopic (exact) mass is 355 g/mol. The number of anilines is 1. The molecule has 2 aliphatic rings. The zero-order valence-electron chi connectivity index (χ0n) is 14.4. The lowest BCUT2D eigenvalue weighted by Crippen LogP contribution is -2.53. The Hall–Kier alpha value is -2.83. The van der Waals surface area contributed by atoms with Crippen LogP contribution in [-0.2, 0) is 17.8 Å². The molecule has 136 valence electrons. The van der Waals surface area contributed by atoms with Crippen LogP contribution in [0.4, 0.5) is 11.4 Å². The van der Waals surface area contributed by atoms with Crippen LogP contribution in [0.25, 0.3) is 0 Å². The Bertz CT molecular complexity index is 818. The number of nitro groups is 1. The van der Waals surface area contributed by atoms with Crippen LogP contribution in [-0.4, -0.2) is 23.4 Å². The number of hydrogen-bond donors (Lipinski definition) is 1.